The van der Waals surface area contributed by atoms with Crippen molar-refractivity contribution >= 4 is 21.6 Å². The van der Waals surface area contributed by atoms with E-state index in [0.717, 1.165) is 31.2 Å². The van der Waals surface area contributed by atoms with Crippen molar-refractivity contribution in [3.8, 4) is 0 Å². The van der Waals surface area contributed by atoms with Crippen LogP contribution in [0, 0.1) is 13.8 Å². The van der Waals surface area contributed by atoms with E-state index in [1.807, 2.05) is 6.92 Å². The van der Waals surface area contributed by atoms with Crippen molar-refractivity contribution < 1.29 is 8.42 Å². The molecule has 1 aromatic rings. The van der Waals surface area contributed by atoms with E-state index in [4.69, 9.17) is 11.6 Å². The lowest BCUT2D eigenvalue weighted by molar-refractivity contribution is 0.509. The molecule has 1 N–H and O–H groups in total. The zero-order valence-corrected chi connectivity index (χ0v) is 13.6. The third-order valence-corrected chi connectivity index (χ3v) is 5.99. The SMILES string of the molecule is Cc1cc(S(=O)(=O)NC2CCCCCC2)c(C)cc1Cl. The molecule has 0 aliphatic heterocycles. The molecule has 1 aliphatic carbocycles. The van der Waals surface area contributed by atoms with Crippen LogP contribution in [0.2, 0.25) is 5.02 Å². The molecule has 0 amide bonds. The van der Waals surface area contributed by atoms with Gasteiger partial charge in [0.15, 0.2) is 0 Å². The van der Waals surface area contributed by atoms with Gasteiger partial charge in [-0.15, -0.1) is 0 Å². The molecule has 1 saturated carbocycles. The maximum Gasteiger partial charge on any atom is 0.241 e. The van der Waals surface area contributed by atoms with E-state index >= 15 is 0 Å². The van der Waals surface area contributed by atoms with Crippen molar-refractivity contribution in [3.63, 3.8) is 0 Å². The highest BCUT2D eigenvalue weighted by atomic mass is 35.5. The Morgan fingerprint density at radius 2 is 1.65 bits per heavy atom. The van der Waals surface area contributed by atoms with Gasteiger partial charge in [-0.25, -0.2) is 13.1 Å². The second-order valence-corrected chi connectivity index (χ2v) is 7.77. The molecule has 0 radical (unpaired) electrons. The van der Waals surface area contributed by atoms with E-state index < -0.39 is 10.0 Å². The standard InChI is InChI=1S/C15H22ClNO2S/c1-11-10-15(12(2)9-14(11)16)20(18,19)17-13-7-5-3-4-6-8-13/h9-10,13,17H,3-8H2,1-2H3. The summed E-state index contributed by atoms with van der Waals surface area (Å²) in [7, 11) is -3.45. The minimum Gasteiger partial charge on any atom is -0.208 e. The highest BCUT2D eigenvalue weighted by Crippen LogP contribution is 2.25. The Balaban J connectivity index is 2.23. The van der Waals surface area contributed by atoms with Crippen molar-refractivity contribution in [3.05, 3.63) is 28.3 Å². The predicted molar refractivity (Wildman–Crippen MR) is 82.7 cm³/mol. The Labute approximate surface area is 126 Å². The monoisotopic (exact) mass is 315 g/mol. The maximum absolute atomic E-state index is 12.5. The lowest BCUT2D eigenvalue weighted by atomic mass is 10.1. The van der Waals surface area contributed by atoms with Gasteiger partial charge in [0.2, 0.25) is 10.0 Å². The van der Waals surface area contributed by atoms with Gasteiger partial charge in [-0.1, -0.05) is 37.3 Å². The summed E-state index contributed by atoms with van der Waals surface area (Å²) in [5.41, 5.74) is 1.49. The highest BCUT2D eigenvalue weighted by molar-refractivity contribution is 7.89. The van der Waals surface area contributed by atoms with E-state index in [1.54, 1.807) is 19.1 Å². The van der Waals surface area contributed by atoms with Gasteiger partial charge in [0.05, 0.1) is 4.90 Å². The van der Waals surface area contributed by atoms with Crippen molar-refractivity contribution in [2.75, 3.05) is 0 Å². The Bertz CT molecular complexity index is 576. The molecule has 1 aliphatic rings. The average Bonchev–Trinajstić information content (AvgIpc) is 2.61. The van der Waals surface area contributed by atoms with Gasteiger partial charge in [0.1, 0.15) is 0 Å². The summed E-state index contributed by atoms with van der Waals surface area (Å²) < 4.78 is 28.0. The number of hydrogen-bond acceptors (Lipinski definition) is 2. The molecule has 0 unspecified atom stereocenters. The van der Waals surface area contributed by atoms with Crippen molar-refractivity contribution in [1.82, 2.24) is 4.72 Å². The first kappa shape index (κ1) is 15.8. The van der Waals surface area contributed by atoms with E-state index in [1.165, 1.54) is 12.8 Å². The molecule has 0 bridgehead atoms. The summed E-state index contributed by atoms with van der Waals surface area (Å²) in [6, 6.07) is 3.45. The Morgan fingerprint density at radius 1 is 1.05 bits per heavy atom. The second-order valence-electron chi connectivity index (χ2n) is 5.68. The number of halogens is 1. The first-order valence-electron chi connectivity index (χ1n) is 7.19. The second kappa shape index (κ2) is 6.46. The molecule has 0 heterocycles. The van der Waals surface area contributed by atoms with E-state index in [0.29, 0.717) is 15.5 Å². The van der Waals surface area contributed by atoms with Gasteiger partial charge in [-0.3, -0.25) is 0 Å². The molecular weight excluding hydrogens is 294 g/mol. The molecule has 0 aromatic heterocycles. The molecule has 3 nitrogen and oxygen atoms in total. The van der Waals surface area contributed by atoms with Crippen molar-refractivity contribution in [2.24, 2.45) is 0 Å². The van der Waals surface area contributed by atoms with Gasteiger partial charge in [0, 0.05) is 11.1 Å². The summed E-state index contributed by atoms with van der Waals surface area (Å²) in [5, 5.41) is 0.607. The fraction of sp³-hybridized carbons (Fsp3) is 0.600. The lowest BCUT2D eigenvalue weighted by Crippen LogP contribution is -2.34. The minimum absolute atomic E-state index is 0.0675. The zero-order chi connectivity index (χ0) is 14.8. The first-order valence-corrected chi connectivity index (χ1v) is 9.05. The molecule has 20 heavy (non-hydrogen) atoms. The normalized spacial score (nSPS) is 17.9. The maximum atomic E-state index is 12.5. The summed E-state index contributed by atoms with van der Waals surface area (Å²) in [6.07, 6.45) is 6.49. The molecule has 1 fully saturated rings. The van der Waals surface area contributed by atoms with Crippen molar-refractivity contribution in [1.29, 1.82) is 0 Å². The van der Waals surface area contributed by atoms with Crippen LogP contribution < -0.4 is 4.72 Å². The number of hydrogen-bond donors (Lipinski definition) is 1. The Morgan fingerprint density at radius 3 is 2.25 bits per heavy atom. The number of aryl methyl sites for hydroxylation is 2. The summed E-state index contributed by atoms with van der Waals surface area (Å²) >= 11 is 6.03. The predicted octanol–water partition coefficient (Wildman–Crippen LogP) is 3.96. The molecule has 5 heteroatoms. The summed E-state index contributed by atoms with van der Waals surface area (Å²) in [4.78, 5) is 0.351. The lowest BCUT2D eigenvalue weighted by Gasteiger charge is -2.18. The van der Waals surface area contributed by atoms with Gasteiger partial charge < -0.3 is 0 Å². The summed E-state index contributed by atoms with van der Waals surface area (Å²) in [5.74, 6) is 0. The Hall–Kier alpha value is -0.580. The van der Waals surface area contributed by atoms with Crippen LogP contribution in [-0.2, 0) is 10.0 Å². The van der Waals surface area contributed by atoms with Gasteiger partial charge >= 0.3 is 0 Å². The topological polar surface area (TPSA) is 46.2 Å². The Kier molecular flexibility index (Phi) is 5.10. The van der Waals surface area contributed by atoms with Crippen LogP contribution in [0.3, 0.4) is 0 Å². The zero-order valence-electron chi connectivity index (χ0n) is 12.1. The highest BCUT2D eigenvalue weighted by Gasteiger charge is 2.23. The van der Waals surface area contributed by atoms with Crippen LogP contribution in [0.1, 0.15) is 49.7 Å². The molecule has 0 saturated heterocycles. The largest absolute Gasteiger partial charge is 0.241 e. The number of rotatable bonds is 3. The van der Waals surface area contributed by atoms with Gasteiger partial charge in [-0.05, 0) is 49.9 Å². The minimum atomic E-state index is -3.45. The van der Waals surface area contributed by atoms with E-state index in [2.05, 4.69) is 4.72 Å². The quantitative estimate of drug-likeness (QED) is 0.858. The molecule has 1 aromatic carbocycles. The van der Waals surface area contributed by atoms with Gasteiger partial charge in [0.25, 0.3) is 0 Å². The number of nitrogens with one attached hydrogen (secondary N) is 1. The molecule has 0 spiro atoms. The van der Waals surface area contributed by atoms with Crippen molar-refractivity contribution in [2.45, 2.75) is 63.3 Å². The molecule has 112 valence electrons. The molecule has 0 atom stereocenters. The van der Waals surface area contributed by atoms with Crippen LogP contribution in [0.4, 0.5) is 0 Å². The first-order chi connectivity index (χ1) is 9.40. The number of benzene rings is 1. The van der Waals surface area contributed by atoms with Crippen LogP contribution in [0.25, 0.3) is 0 Å². The van der Waals surface area contributed by atoms with E-state index in [9.17, 15) is 8.42 Å². The average molecular weight is 316 g/mol. The fourth-order valence-corrected chi connectivity index (χ4v) is 4.56. The smallest absolute Gasteiger partial charge is 0.208 e. The van der Waals surface area contributed by atoms with Crippen LogP contribution in [-0.4, -0.2) is 14.5 Å². The van der Waals surface area contributed by atoms with Crippen LogP contribution >= 0.6 is 11.6 Å². The fourth-order valence-electron chi connectivity index (χ4n) is 2.72. The molecule has 2 rings (SSSR count). The third kappa shape index (κ3) is 3.74. The van der Waals surface area contributed by atoms with Crippen LogP contribution in [0.15, 0.2) is 17.0 Å². The van der Waals surface area contributed by atoms with Gasteiger partial charge in [-0.2, -0.15) is 0 Å². The number of sulfonamides is 1. The van der Waals surface area contributed by atoms with E-state index in [-0.39, 0.29) is 6.04 Å². The summed E-state index contributed by atoms with van der Waals surface area (Å²) in [6.45, 7) is 3.61. The van der Waals surface area contributed by atoms with Crippen LogP contribution in [0.5, 0.6) is 0 Å². The molecular formula is C15H22ClNO2S. The third-order valence-electron chi connectivity index (χ3n) is 3.92.